The van der Waals surface area contributed by atoms with Crippen molar-refractivity contribution in [3.63, 3.8) is 0 Å². The van der Waals surface area contributed by atoms with Crippen molar-refractivity contribution < 1.29 is 13.2 Å². The number of nitrogens with zero attached hydrogens (tertiary/aromatic N) is 1. The van der Waals surface area contributed by atoms with Crippen molar-refractivity contribution in [2.45, 2.75) is 15.6 Å². The van der Waals surface area contributed by atoms with E-state index in [9.17, 15) is 8.42 Å². The molecule has 0 spiro atoms. The van der Waals surface area contributed by atoms with Gasteiger partial charge < -0.3 is 4.74 Å². The van der Waals surface area contributed by atoms with Crippen molar-refractivity contribution >= 4 is 66.1 Å². The number of aryl methyl sites for hydroxylation is 1. The van der Waals surface area contributed by atoms with E-state index < -0.39 is 12.8 Å². The normalized spacial score (nSPS) is 12.8. The molecule has 0 aliphatic rings. The lowest BCUT2D eigenvalue weighted by Gasteiger charge is -2.11. The van der Waals surface area contributed by atoms with Crippen LogP contribution in [0.1, 0.15) is 5.69 Å². The first kappa shape index (κ1) is 14.6. The number of halogens is 4. The lowest BCUT2D eigenvalue weighted by atomic mass is 10.5. The Morgan fingerprint density at radius 3 is 2.44 bits per heavy atom. The number of alkyl halides is 3. The van der Waals surface area contributed by atoms with Gasteiger partial charge in [-0.3, -0.25) is 0 Å². The Hall–Kier alpha value is 0.540. The predicted molar refractivity (Wildman–Crippen MR) is 65.7 cm³/mol. The van der Waals surface area contributed by atoms with Gasteiger partial charge in [-0.05, 0) is 6.92 Å². The molecule has 4 nitrogen and oxygen atoms in total. The third-order valence-electron chi connectivity index (χ3n) is 1.39. The molecule has 1 rings (SSSR count). The topological polar surface area (TPSA) is 56.3 Å². The van der Waals surface area contributed by atoms with Gasteiger partial charge in [0.05, 0.1) is 5.69 Å². The molecule has 0 saturated heterocycles. The SMILES string of the molecule is Cc1nsc(OCC(Cl)(Cl)Cl)c1S(=O)(=O)Cl. The molecule has 0 amide bonds. The minimum atomic E-state index is -3.92. The summed E-state index contributed by atoms with van der Waals surface area (Å²) in [5.41, 5.74) is 0.249. The second-order valence-corrected chi connectivity index (χ2v) is 8.48. The first-order chi connectivity index (χ1) is 7.11. The van der Waals surface area contributed by atoms with Crippen molar-refractivity contribution in [2.75, 3.05) is 6.61 Å². The van der Waals surface area contributed by atoms with Crippen LogP contribution in [0.2, 0.25) is 0 Å². The predicted octanol–water partition coefficient (Wildman–Crippen LogP) is 3.13. The molecule has 0 radical (unpaired) electrons. The molecule has 0 saturated carbocycles. The molecule has 1 aromatic heterocycles. The van der Waals surface area contributed by atoms with Crippen LogP contribution in [0.25, 0.3) is 0 Å². The molecule has 16 heavy (non-hydrogen) atoms. The van der Waals surface area contributed by atoms with E-state index in [0.717, 1.165) is 11.5 Å². The molecule has 0 unspecified atom stereocenters. The summed E-state index contributed by atoms with van der Waals surface area (Å²) in [5.74, 6) is 0. The average Bonchev–Trinajstić information content (AvgIpc) is 2.41. The Bertz CT molecular complexity index is 478. The highest BCUT2D eigenvalue weighted by Gasteiger charge is 2.27. The van der Waals surface area contributed by atoms with Gasteiger partial charge in [0.1, 0.15) is 6.61 Å². The summed E-state index contributed by atoms with van der Waals surface area (Å²) in [4.78, 5) is -0.187. The Labute approximate surface area is 116 Å². The zero-order valence-electron chi connectivity index (χ0n) is 7.71. The summed E-state index contributed by atoms with van der Waals surface area (Å²) >= 11 is 17.2. The van der Waals surface area contributed by atoms with E-state index in [4.69, 9.17) is 50.2 Å². The molecular formula is C6H5Cl4NO3S2. The quantitative estimate of drug-likeness (QED) is 0.624. The fourth-order valence-electron chi connectivity index (χ4n) is 0.856. The molecule has 0 aliphatic heterocycles. The van der Waals surface area contributed by atoms with Crippen molar-refractivity contribution in [3.05, 3.63) is 5.69 Å². The molecule has 0 aliphatic carbocycles. The lowest BCUT2D eigenvalue weighted by Crippen LogP contribution is -2.15. The van der Waals surface area contributed by atoms with Crippen LogP contribution in [0.5, 0.6) is 5.06 Å². The fraction of sp³-hybridized carbons (Fsp3) is 0.500. The summed E-state index contributed by atoms with van der Waals surface area (Å²) in [6.45, 7) is 1.20. The second kappa shape index (κ2) is 5.04. The van der Waals surface area contributed by atoms with Crippen LogP contribution in [0, 0.1) is 6.92 Å². The number of ether oxygens (including phenoxy) is 1. The maximum absolute atomic E-state index is 11.2. The van der Waals surface area contributed by atoms with Crippen molar-refractivity contribution in [3.8, 4) is 5.06 Å². The second-order valence-electron chi connectivity index (χ2n) is 2.73. The van der Waals surface area contributed by atoms with Crippen LogP contribution in [-0.4, -0.2) is 23.2 Å². The first-order valence-electron chi connectivity index (χ1n) is 3.72. The zero-order valence-corrected chi connectivity index (χ0v) is 12.4. The maximum atomic E-state index is 11.2. The van der Waals surface area contributed by atoms with Crippen LogP contribution >= 0.6 is 57.0 Å². The Balaban J connectivity index is 2.99. The van der Waals surface area contributed by atoms with Crippen LogP contribution in [0.3, 0.4) is 0 Å². The molecule has 92 valence electrons. The Kier molecular flexibility index (Phi) is 4.60. The monoisotopic (exact) mass is 343 g/mol. The molecule has 1 aromatic rings. The van der Waals surface area contributed by atoms with Gasteiger partial charge in [-0.15, -0.1) is 0 Å². The minimum Gasteiger partial charge on any atom is -0.477 e. The van der Waals surface area contributed by atoms with Gasteiger partial charge in [0.2, 0.25) is 8.86 Å². The molecule has 0 aromatic carbocycles. The van der Waals surface area contributed by atoms with Gasteiger partial charge in [-0.25, -0.2) is 8.42 Å². The van der Waals surface area contributed by atoms with E-state index in [1.807, 2.05) is 0 Å². The van der Waals surface area contributed by atoms with Crippen molar-refractivity contribution in [1.82, 2.24) is 4.37 Å². The Morgan fingerprint density at radius 2 is 2.00 bits per heavy atom. The van der Waals surface area contributed by atoms with Crippen LogP contribution in [-0.2, 0) is 9.05 Å². The van der Waals surface area contributed by atoms with E-state index in [1.165, 1.54) is 6.92 Å². The van der Waals surface area contributed by atoms with Gasteiger partial charge >= 0.3 is 0 Å². The fourth-order valence-corrected chi connectivity index (χ4v) is 3.51. The molecule has 10 heteroatoms. The van der Waals surface area contributed by atoms with Gasteiger partial charge in [0.15, 0.2) is 4.90 Å². The number of hydrogen-bond acceptors (Lipinski definition) is 5. The molecule has 0 atom stereocenters. The molecular weight excluding hydrogens is 340 g/mol. The van der Waals surface area contributed by atoms with Crippen molar-refractivity contribution in [1.29, 1.82) is 0 Å². The summed E-state index contributed by atoms with van der Waals surface area (Å²) in [7, 11) is 1.30. The first-order valence-corrected chi connectivity index (χ1v) is 7.93. The van der Waals surface area contributed by atoms with E-state index >= 15 is 0 Å². The smallest absolute Gasteiger partial charge is 0.267 e. The van der Waals surface area contributed by atoms with Gasteiger partial charge in [-0.2, -0.15) is 4.37 Å². The number of hydrogen-bond donors (Lipinski definition) is 0. The molecule has 0 N–H and O–H groups in total. The van der Waals surface area contributed by atoms with Crippen LogP contribution < -0.4 is 4.74 Å². The highest BCUT2D eigenvalue weighted by atomic mass is 35.7. The zero-order chi connectivity index (χ0) is 12.6. The van der Waals surface area contributed by atoms with Crippen molar-refractivity contribution in [2.24, 2.45) is 0 Å². The van der Waals surface area contributed by atoms with Gasteiger partial charge in [0, 0.05) is 22.2 Å². The van der Waals surface area contributed by atoms with Gasteiger partial charge in [-0.1, -0.05) is 34.8 Å². The molecule has 0 bridgehead atoms. The van der Waals surface area contributed by atoms with E-state index in [1.54, 1.807) is 0 Å². The standard InChI is InChI=1S/C6H5Cl4NO3S2/c1-3-4(16(10,12)13)5(15-11-3)14-2-6(7,8)9/h2H2,1H3. The molecule has 0 fully saturated rings. The highest BCUT2D eigenvalue weighted by molar-refractivity contribution is 8.14. The summed E-state index contributed by atoms with van der Waals surface area (Å²) < 4.78 is 29.6. The summed E-state index contributed by atoms with van der Waals surface area (Å²) in [6, 6.07) is 0. The summed E-state index contributed by atoms with van der Waals surface area (Å²) in [6.07, 6.45) is 0. The largest absolute Gasteiger partial charge is 0.477 e. The number of rotatable bonds is 3. The molecule has 1 heterocycles. The Morgan fingerprint density at radius 1 is 1.44 bits per heavy atom. The van der Waals surface area contributed by atoms with E-state index in [2.05, 4.69) is 4.37 Å². The maximum Gasteiger partial charge on any atom is 0.267 e. The average molecular weight is 345 g/mol. The van der Waals surface area contributed by atoms with Crippen LogP contribution in [0.4, 0.5) is 0 Å². The summed E-state index contributed by atoms with van der Waals surface area (Å²) in [5, 5.41) is 0.0128. The number of aromatic nitrogens is 1. The van der Waals surface area contributed by atoms with Gasteiger partial charge in [0.25, 0.3) is 9.05 Å². The third kappa shape index (κ3) is 4.09. The van der Waals surface area contributed by atoms with Crippen LogP contribution in [0.15, 0.2) is 4.90 Å². The minimum absolute atomic E-state index is 0.0128. The lowest BCUT2D eigenvalue weighted by molar-refractivity contribution is 0.327. The highest BCUT2D eigenvalue weighted by Crippen LogP contribution is 2.36. The van der Waals surface area contributed by atoms with E-state index in [-0.39, 0.29) is 22.3 Å². The van der Waals surface area contributed by atoms with E-state index in [0.29, 0.717) is 0 Å². The third-order valence-corrected chi connectivity index (χ3v) is 4.13.